The summed E-state index contributed by atoms with van der Waals surface area (Å²) >= 11 is 0. The van der Waals surface area contributed by atoms with E-state index < -0.39 is 0 Å². The number of carbonyl (C=O) groups is 1. The van der Waals surface area contributed by atoms with Crippen molar-refractivity contribution in [2.24, 2.45) is 0 Å². The highest BCUT2D eigenvalue weighted by atomic mass is 16.3. The predicted molar refractivity (Wildman–Crippen MR) is 53.1 cm³/mol. The minimum Gasteiger partial charge on any atom is -0.508 e. The van der Waals surface area contributed by atoms with Gasteiger partial charge in [-0.1, -0.05) is 12.1 Å². The Labute approximate surface area is 82.8 Å². The average molecular weight is 191 g/mol. The number of carbonyl (C=O) groups excluding carboxylic acids is 1. The van der Waals surface area contributed by atoms with Crippen molar-refractivity contribution < 1.29 is 9.90 Å². The van der Waals surface area contributed by atoms with Crippen molar-refractivity contribution in [3.05, 3.63) is 29.8 Å². The number of rotatable bonds is 1. The van der Waals surface area contributed by atoms with Gasteiger partial charge in [-0.2, -0.15) is 0 Å². The molecule has 1 aromatic carbocycles. The lowest BCUT2D eigenvalue weighted by atomic mass is 9.96. The van der Waals surface area contributed by atoms with Gasteiger partial charge in [0.15, 0.2) is 0 Å². The molecule has 0 bridgehead atoms. The highest BCUT2D eigenvalue weighted by Crippen LogP contribution is 2.23. The Morgan fingerprint density at radius 2 is 2.29 bits per heavy atom. The number of aromatic hydroxyl groups is 1. The van der Waals surface area contributed by atoms with Crippen LogP contribution in [-0.2, 0) is 4.79 Å². The molecule has 74 valence electrons. The van der Waals surface area contributed by atoms with E-state index in [9.17, 15) is 9.90 Å². The van der Waals surface area contributed by atoms with Crippen molar-refractivity contribution in [2.75, 3.05) is 6.54 Å². The summed E-state index contributed by atoms with van der Waals surface area (Å²) in [5.74, 6) is 0.541. The molecule has 3 nitrogen and oxygen atoms in total. The first-order valence-electron chi connectivity index (χ1n) is 4.80. The van der Waals surface area contributed by atoms with Gasteiger partial charge in [0.25, 0.3) is 0 Å². The van der Waals surface area contributed by atoms with Gasteiger partial charge < -0.3 is 10.4 Å². The quantitative estimate of drug-likeness (QED) is 0.705. The van der Waals surface area contributed by atoms with Crippen LogP contribution in [0, 0.1) is 0 Å². The lowest BCUT2D eigenvalue weighted by Crippen LogP contribution is -2.31. The van der Waals surface area contributed by atoms with Gasteiger partial charge in [-0.3, -0.25) is 4.79 Å². The third-order valence-electron chi connectivity index (χ3n) is 2.50. The third kappa shape index (κ3) is 1.93. The molecule has 2 rings (SSSR count). The Balaban J connectivity index is 2.17. The number of piperidine rings is 1. The molecule has 1 atom stereocenters. The summed E-state index contributed by atoms with van der Waals surface area (Å²) in [6, 6.07) is 7.13. The van der Waals surface area contributed by atoms with E-state index >= 15 is 0 Å². The predicted octanol–water partition coefficient (Wildman–Crippen LogP) is 1.39. The van der Waals surface area contributed by atoms with Gasteiger partial charge in [-0.05, 0) is 17.7 Å². The van der Waals surface area contributed by atoms with Gasteiger partial charge in [-0.25, -0.2) is 0 Å². The van der Waals surface area contributed by atoms with Gasteiger partial charge in [0.1, 0.15) is 11.5 Å². The van der Waals surface area contributed by atoms with Crippen LogP contribution in [0.4, 0.5) is 0 Å². The second kappa shape index (κ2) is 3.80. The maximum Gasteiger partial charge on any atom is 0.136 e. The highest BCUT2D eigenvalue weighted by molar-refractivity contribution is 5.80. The fraction of sp³-hybridized carbons (Fsp3) is 0.364. The Kier molecular flexibility index (Phi) is 2.50. The lowest BCUT2D eigenvalue weighted by Gasteiger charge is -2.22. The largest absolute Gasteiger partial charge is 0.508 e. The fourth-order valence-electron chi connectivity index (χ4n) is 1.76. The normalized spacial score (nSPS) is 22.3. The minimum absolute atomic E-state index is 0.0725. The molecule has 1 fully saturated rings. The second-order valence-corrected chi connectivity index (χ2v) is 3.59. The van der Waals surface area contributed by atoms with E-state index in [1.165, 1.54) is 0 Å². The molecule has 2 N–H and O–H groups in total. The van der Waals surface area contributed by atoms with Gasteiger partial charge in [0.2, 0.25) is 0 Å². The van der Waals surface area contributed by atoms with Gasteiger partial charge in [0.05, 0.1) is 0 Å². The number of phenols is 1. The Bertz CT molecular complexity index is 349. The minimum atomic E-state index is 0.0725. The number of hydrogen-bond acceptors (Lipinski definition) is 3. The molecule has 0 radical (unpaired) electrons. The van der Waals surface area contributed by atoms with E-state index in [1.54, 1.807) is 18.2 Å². The maximum absolute atomic E-state index is 11.2. The van der Waals surface area contributed by atoms with Crippen LogP contribution in [0.25, 0.3) is 0 Å². The van der Waals surface area contributed by atoms with E-state index in [0.29, 0.717) is 12.8 Å². The summed E-state index contributed by atoms with van der Waals surface area (Å²) in [5, 5.41) is 12.6. The summed E-state index contributed by atoms with van der Waals surface area (Å²) in [7, 11) is 0. The van der Waals surface area contributed by atoms with Crippen LogP contribution in [-0.4, -0.2) is 17.4 Å². The highest BCUT2D eigenvalue weighted by Gasteiger charge is 2.20. The molecule has 0 saturated carbocycles. The van der Waals surface area contributed by atoms with Crippen LogP contribution in [0.2, 0.25) is 0 Å². The van der Waals surface area contributed by atoms with Crippen LogP contribution in [0.3, 0.4) is 0 Å². The zero-order valence-electron chi connectivity index (χ0n) is 7.86. The molecular weight excluding hydrogens is 178 g/mol. The summed E-state index contributed by atoms with van der Waals surface area (Å²) < 4.78 is 0. The molecule has 1 aliphatic heterocycles. The van der Waals surface area contributed by atoms with E-state index in [1.807, 2.05) is 6.07 Å². The Hall–Kier alpha value is -1.35. The summed E-state index contributed by atoms with van der Waals surface area (Å²) in [6.45, 7) is 0.735. The van der Waals surface area contributed by atoms with Crippen molar-refractivity contribution in [1.29, 1.82) is 0 Å². The molecule has 0 aliphatic carbocycles. The Morgan fingerprint density at radius 1 is 1.43 bits per heavy atom. The number of ketones is 1. The van der Waals surface area contributed by atoms with Crippen LogP contribution in [0.1, 0.15) is 24.4 Å². The van der Waals surface area contributed by atoms with Gasteiger partial charge in [-0.15, -0.1) is 0 Å². The van der Waals surface area contributed by atoms with Crippen LogP contribution in [0.15, 0.2) is 24.3 Å². The monoisotopic (exact) mass is 191 g/mol. The third-order valence-corrected chi connectivity index (χ3v) is 2.50. The summed E-state index contributed by atoms with van der Waals surface area (Å²) in [6.07, 6.45) is 1.15. The van der Waals surface area contributed by atoms with Crippen molar-refractivity contribution >= 4 is 5.78 Å². The molecule has 1 unspecified atom stereocenters. The molecule has 1 saturated heterocycles. The summed E-state index contributed by atoms with van der Waals surface area (Å²) in [5.41, 5.74) is 0.984. The number of nitrogens with one attached hydrogen (secondary N) is 1. The van der Waals surface area contributed by atoms with E-state index in [-0.39, 0.29) is 17.6 Å². The second-order valence-electron chi connectivity index (χ2n) is 3.59. The molecule has 14 heavy (non-hydrogen) atoms. The smallest absolute Gasteiger partial charge is 0.136 e. The van der Waals surface area contributed by atoms with Crippen LogP contribution in [0.5, 0.6) is 5.75 Å². The first-order valence-corrected chi connectivity index (χ1v) is 4.80. The van der Waals surface area contributed by atoms with Crippen molar-refractivity contribution in [3.8, 4) is 5.75 Å². The summed E-state index contributed by atoms with van der Waals surface area (Å²) in [4.78, 5) is 11.2. The number of benzene rings is 1. The van der Waals surface area contributed by atoms with Crippen molar-refractivity contribution in [1.82, 2.24) is 5.32 Å². The topological polar surface area (TPSA) is 49.3 Å². The molecule has 1 aliphatic rings. The number of phenolic OH excluding ortho intramolecular Hbond substituents is 1. The lowest BCUT2D eigenvalue weighted by molar-refractivity contribution is -0.120. The van der Waals surface area contributed by atoms with Gasteiger partial charge >= 0.3 is 0 Å². The van der Waals surface area contributed by atoms with Crippen LogP contribution >= 0.6 is 0 Å². The average Bonchev–Trinajstić information content (AvgIpc) is 2.18. The van der Waals surface area contributed by atoms with Gasteiger partial charge in [0, 0.05) is 25.4 Å². The Morgan fingerprint density at radius 3 is 3.00 bits per heavy atom. The number of Topliss-reactive ketones (excluding diaryl/α,β-unsaturated/α-hetero) is 1. The van der Waals surface area contributed by atoms with Crippen molar-refractivity contribution in [3.63, 3.8) is 0 Å². The molecular formula is C11H13NO2. The maximum atomic E-state index is 11.2. The zero-order chi connectivity index (χ0) is 9.97. The zero-order valence-corrected chi connectivity index (χ0v) is 7.86. The molecule has 1 aromatic rings. The van der Waals surface area contributed by atoms with Crippen LogP contribution < -0.4 is 5.32 Å². The van der Waals surface area contributed by atoms with E-state index in [4.69, 9.17) is 0 Å². The molecule has 0 aromatic heterocycles. The molecule has 0 spiro atoms. The molecule has 3 heteroatoms. The number of hydrogen-bond donors (Lipinski definition) is 2. The SMILES string of the molecule is O=C1CCNC(c2cccc(O)c2)C1. The van der Waals surface area contributed by atoms with E-state index in [2.05, 4.69) is 5.32 Å². The fourth-order valence-corrected chi connectivity index (χ4v) is 1.76. The van der Waals surface area contributed by atoms with E-state index in [0.717, 1.165) is 12.1 Å². The van der Waals surface area contributed by atoms with Crippen molar-refractivity contribution in [2.45, 2.75) is 18.9 Å². The first kappa shape index (κ1) is 9.21. The molecule has 0 amide bonds. The first-order chi connectivity index (χ1) is 6.75. The molecule has 1 heterocycles. The standard InChI is InChI=1S/C11H13NO2/c13-9-3-1-2-8(6-9)11-7-10(14)4-5-12-11/h1-3,6,11-13H,4-5,7H2.